The van der Waals surface area contributed by atoms with Gasteiger partial charge in [0.1, 0.15) is 73.2 Å². The number of ether oxygens (including phenoxy) is 6. The summed E-state index contributed by atoms with van der Waals surface area (Å²) in [4.78, 5) is 13.6. The molecule has 12 N–H and O–H groups in total. The SMILES string of the molecule is CC/C=C\C/C=C\C/C=C\C/C=C\C/C=C\C/C=C\C/C=C\C/C=C\C/C=C\C/C=C\CCCCCCCCCCCCC(=O)NC(COC1OC(CO)C(OC2OC(CO)C(OC3OC(CO)C(O)C(O)C3O)C(O)C2O)C(O)C1O)C(O)CCCCCCCCCCCCCCCCCCCCCCCCCCCCCCCCCC. The molecule has 3 fully saturated rings. The molecule has 0 saturated carbocycles. The number of unbranched alkanes of at least 4 members (excludes halogenated alkanes) is 41. The summed E-state index contributed by atoms with van der Waals surface area (Å²) in [7, 11) is 0. The highest BCUT2D eigenvalue weighted by Gasteiger charge is 2.54. The highest BCUT2D eigenvalue weighted by atomic mass is 16.8. The van der Waals surface area contributed by atoms with E-state index in [-0.39, 0.29) is 18.9 Å². The fraction of sp³-hybridized carbons (Fsp3) is 0.788. The Hall–Kier alpha value is -3.81. The van der Waals surface area contributed by atoms with E-state index >= 15 is 0 Å². The second-order valence-corrected chi connectivity index (χ2v) is 33.5. The molecule has 0 radical (unpaired) electrons. The molecule has 0 aromatic heterocycles. The molecule has 1 amide bonds. The number of aliphatic hydroxyl groups excluding tert-OH is 11. The Morgan fingerprint density at radius 3 is 0.915 bits per heavy atom. The van der Waals surface area contributed by atoms with Crippen molar-refractivity contribution in [2.75, 3.05) is 26.4 Å². The highest BCUT2D eigenvalue weighted by molar-refractivity contribution is 5.76. The van der Waals surface area contributed by atoms with Gasteiger partial charge >= 0.3 is 0 Å². The van der Waals surface area contributed by atoms with Gasteiger partial charge in [-0.15, -0.1) is 0 Å². The van der Waals surface area contributed by atoms with Crippen molar-refractivity contribution in [1.29, 1.82) is 0 Å². The third-order valence-corrected chi connectivity index (χ3v) is 23.1. The third-order valence-electron chi connectivity index (χ3n) is 23.1. The molecule has 3 rings (SSSR count). The first kappa shape index (κ1) is 108. The van der Waals surface area contributed by atoms with Gasteiger partial charge in [-0.1, -0.05) is 392 Å². The zero-order chi connectivity index (χ0) is 85.2. The quantitative estimate of drug-likeness (QED) is 0.0199. The van der Waals surface area contributed by atoms with Crippen LogP contribution in [-0.4, -0.2) is 193 Å². The van der Waals surface area contributed by atoms with Crippen LogP contribution in [0.5, 0.6) is 0 Å². The lowest BCUT2D eigenvalue weighted by molar-refractivity contribution is -0.379. The zero-order valence-corrected chi connectivity index (χ0v) is 73.9. The average Bonchev–Trinajstić information content (AvgIpc) is 0.777. The molecular formula is C99H173NO18. The number of carbonyl (C=O) groups excluding carboxylic acids is 1. The van der Waals surface area contributed by atoms with E-state index in [1.807, 2.05) is 0 Å². The molecule has 0 aromatic carbocycles. The van der Waals surface area contributed by atoms with Gasteiger partial charge in [0.25, 0.3) is 0 Å². The number of aliphatic hydroxyl groups is 11. The lowest BCUT2D eigenvalue weighted by Gasteiger charge is -2.48. The first-order chi connectivity index (χ1) is 57.8. The van der Waals surface area contributed by atoms with Crippen LogP contribution in [0.3, 0.4) is 0 Å². The largest absolute Gasteiger partial charge is 0.394 e. The predicted octanol–water partition coefficient (Wildman–Crippen LogP) is 19.4. The van der Waals surface area contributed by atoms with E-state index in [0.717, 1.165) is 122 Å². The lowest BCUT2D eigenvalue weighted by Crippen LogP contribution is -2.66. The highest BCUT2D eigenvalue weighted by Crippen LogP contribution is 2.34. The molecule has 3 aliphatic rings. The first-order valence-corrected chi connectivity index (χ1v) is 47.8. The normalized spacial score (nSPS) is 24.8. The van der Waals surface area contributed by atoms with Crippen LogP contribution < -0.4 is 5.32 Å². The Morgan fingerprint density at radius 1 is 0.314 bits per heavy atom. The molecule has 17 unspecified atom stereocenters. The molecule has 3 heterocycles. The Bertz CT molecular complexity index is 2600. The van der Waals surface area contributed by atoms with Crippen molar-refractivity contribution in [3.63, 3.8) is 0 Å². The number of hydrogen-bond donors (Lipinski definition) is 12. The van der Waals surface area contributed by atoms with E-state index < -0.39 is 124 Å². The summed E-state index contributed by atoms with van der Waals surface area (Å²) in [6, 6.07) is -0.900. The summed E-state index contributed by atoms with van der Waals surface area (Å²) in [6.07, 6.45) is 83.1. The van der Waals surface area contributed by atoms with Gasteiger partial charge in [0.05, 0.1) is 38.6 Å². The minimum absolute atomic E-state index is 0.247. The average molecular weight is 1670 g/mol. The number of amides is 1. The molecule has 0 aromatic rings. The summed E-state index contributed by atoms with van der Waals surface area (Å²) >= 11 is 0. The molecule has 0 spiro atoms. The van der Waals surface area contributed by atoms with Gasteiger partial charge in [0.15, 0.2) is 18.9 Å². The van der Waals surface area contributed by atoms with E-state index in [1.54, 1.807) is 0 Å². The summed E-state index contributed by atoms with van der Waals surface area (Å²) in [6.45, 7) is 1.73. The first-order valence-electron chi connectivity index (χ1n) is 47.8. The van der Waals surface area contributed by atoms with E-state index in [1.165, 1.54) is 212 Å². The Kier molecular flexibility index (Phi) is 70.5. The number of rotatable bonds is 77. The maximum Gasteiger partial charge on any atom is 0.220 e. The fourth-order valence-corrected chi connectivity index (χ4v) is 15.5. The molecule has 19 nitrogen and oxygen atoms in total. The van der Waals surface area contributed by atoms with Gasteiger partial charge < -0.3 is 89.9 Å². The molecule has 19 heteroatoms. The maximum absolute atomic E-state index is 13.6. The minimum atomic E-state index is -1.98. The monoisotopic (exact) mass is 1660 g/mol. The van der Waals surface area contributed by atoms with Crippen molar-refractivity contribution in [2.24, 2.45) is 0 Å². The van der Waals surface area contributed by atoms with Crippen molar-refractivity contribution in [1.82, 2.24) is 5.32 Å². The van der Waals surface area contributed by atoms with Crippen molar-refractivity contribution in [3.05, 3.63) is 122 Å². The van der Waals surface area contributed by atoms with Gasteiger partial charge in [-0.05, 0) is 89.9 Å². The Balaban J connectivity index is 1.31. The van der Waals surface area contributed by atoms with Crippen LogP contribution in [0.15, 0.2) is 122 Å². The predicted molar refractivity (Wildman–Crippen MR) is 480 cm³/mol. The Morgan fingerprint density at radius 2 is 0.585 bits per heavy atom. The molecule has 3 saturated heterocycles. The molecule has 118 heavy (non-hydrogen) atoms. The van der Waals surface area contributed by atoms with Crippen LogP contribution in [0.4, 0.5) is 0 Å². The van der Waals surface area contributed by atoms with Gasteiger partial charge in [-0.2, -0.15) is 0 Å². The second-order valence-electron chi connectivity index (χ2n) is 33.5. The summed E-state index contributed by atoms with van der Waals surface area (Å²) in [5.74, 6) is -0.247. The van der Waals surface area contributed by atoms with Crippen LogP contribution in [0.25, 0.3) is 0 Å². The molecular weight excluding hydrogens is 1490 g/mol. The van der Waals surface area contributed by atoms with Crippen molar-refractivity contribution in [2.45, 2.75) is 471 Å². The van der Waals surface area contributed by atoms with E-state index in [9.17, 15) is 61.0 Å². The molecule has 682 valence electrons. The third kappa shape index (κ3) is 54.1. The smallest absolute Gasteiger partial charge is 0.220 e. The topological polar surface area (TPSA) is 307 Å². The Labute approximate surface area is 716 Å². The van der Waals surface area contributed by atoms with Crippen molar-refractivity contribution >= 4 is 5.91 Å². The van der Waals surface area contributed by atoms with Gasteiger partial charge in [0, 0.05) is 6.42 Å². The van der Waals surface area contributed by atoms with Gasteiger partial charge in [-0.25, -0.2) is 0 Å². The standard InChI is InChI=1S/C99H173NO18/c1-3-5-7-9-11-13-15-17-19-21-23-25-27-29-31-33-35-37-38-39-40-41-42-43-44-45-47-49-51-53-55-57-59-61-63-65-67-69-71-73-75-77-87(105)100-82(83(104)76-74-72-70-68-66-64-62-60-58-56-54-52-50-48-46-36-34-32-30-28-26-24-22-20-18-16-14-12-10-8-6-4-2)81-113-97-93(111)90(108)95(85(79-102)115-97)118-99-94(112)91(109)96(86(80-103)116-99)117-98-92(110)89(107)88(106)84(78-101)114-98/h5,7,11,13,17,19,23,25,29,31,35,37,39-40,42-43,45,47,51,53,82-86,88-99,101-104,106-112H,3-4,6,8-10,12,14-16,18,20-22,24,26-28,30,32-34,36,38,41,44,46,48-50,52,54-81H2,1-2H3,(H,100,105)/b7-5-,13-11-,19-17-,25-23-,31-29-,37-35-,40-39-,43-42-,47-45-,53-51-. The maximum atomic E-state index is 13.6. The van der Waals surface area contributed by atoms with Crippen LogP contribution in [-0.2, 0) is 33.2 Å². The van der Waals surface area contributed by atoms with Gasteiger partial charge in [-0.3, -0.25) is 4.79 Å². The van der Waals surface area contributed by atoms with Crippen LogP contribution in [0, 0.1) is 0 Å². The van der Waals surface area contributed by atoms with E-state index in [0.29, 0.717) is 12.8 Å². The number of nitrogens with one attached hydrogen (secondary N) is 1. The van der Waals surface area contributed by atoms with E-state index in [4.69, 9.17) is 28.4 Å². The molecule has 3 aliphatic heterocycles. The van der Waals surface area contributed by atoms with Crippen molar-refractivity contribution in [3.8, 4) is 0 Å². The summed E-state index contributed by atoms with van der Waals surface area (Å²) < 4.78 is 34.6. The lowest BCUT2D eigenvalue weighted by atomic mass is 9.96. The van der Waals surface area contributed by atoms with Crippen LogP contribution in [0.1, 0.15) is 367 Å². The number of carbonyl (C=O) groups is 1. The molecule has 0 bridgehead atoms. The number of allylic oxidation sites excluding steroid dienone is 20. The summed E-state index contributed by atoms with van der Waals surface area (Å²) in [5.41, 5.74) is 0. The number of hydrogen-bond acceptors (Lipinski definition) is 18. The summed E-state index contributed by atoms with van der Waals surface area (Å²) in [5, 5.41) is 122. The zero-order valence-electron chi connectivity index (χ0n) is 73.9. The minimum Gasteiger partial charge on any atom is -0.394 e. The van der Waals surface area contributed by atoms with Crippen LogP contribution in [0.2, 0.25) is 0 Å². The van der Waals surface area contributed by atoms with Crippen molar-refractivity contribution < 1.29 is 89.4 Å². The molecule has 0 aliphatic carbocycles. The molecule has 17 atom stereocenters. The van der Waals surface area contributed by atoms with Gasteiger partial charge in [0.2, 0.25) is 5.91 Å². The fourth-order valence-electron chi connectivity index (χ4n) is 15.5. The second kappa shape index (κ2) is 76.8. The van der Waals surface area contributed by atoms with E-state index in [2.05, 4.69) is 141 Å². The van der Waals surface area contributed by atoms with Crippen LogP contribution >= 0.6 is 0 Å².